The standard InChI is InChI=1S/C17H25NO5/c1-4-12-9-14(23-13(12)5-2)15(19)18-8-6-7-17(10-18,11-22-3)16(20)21/h9H,4-8,10-11H2,1-3H3,(H,20,21). The number of likely N-dealkylation sites (tertiary alicyclic amines) is 1. The van der Waals surface area contributed by atoms with Crippen LogP contribution in [-0.2, 0) is 22.4 Å². The average molecular weight is 323 g/mol. The van der Waals surface area contributed by atoms with Crippen LogP contribution in [0.4, 0.5) is 0 Å². The minimum Gasteiger partial charge on any atom is -0.481 e. The van der Waals surface area contributed by atoms with E-state index in [4.69, 9.17) is 9.15 Å². The number of carboxylic acid groups (broad SMARTS) is 1. The van der Waals surface area contributed by atoms with Gasteiger partial charge in [0, 0.05) is 26.6 Å². The molecule has 23 heavy (non-hydrogen) atoms. The van der Waals surface area contributed by atoms with Crippen molar-refractivity contribution in [1.29, 1.82) is 0 Å². The van der Waals surface area contributed by atoms with Crippen LogP contribution < -0.4 is 0 Å². The molecule has 1 aromatic heterocycles. The number of carbonyl (C=O) groups excluding carboxylic acids is 1. The summed E-state index contributed by atoms with van der Waals surface area (Å²) < 4.78 is 10.8. The van der Waals surface area contributed by atoms with Gasteiger partial charge in [0.1, 0.15) is 11.2 Å². The molecular formula is C17H25NO5. The number of furan rings is 1. The van der Waals surface area contributed by atoms with Crippen LogP contribution in [0.3, 0.4) is 0 Å². The first kappa shape index (κ1) is 17.5. The first-order valence-corrected chi connectivity index (χ1v) is 8.10. The number of nitrogens with zero attached hydrogens (tertiary/aromatic N) is 1. The summed E-state index contributed by atoms with van der Waals surface area (Å²) in [5.74, 6) is -0.0211. The zero-order valence-corrected chi connectivity index (χ0v) is 14.1. The second kappa shape index (κ2) is 7.17. The molecule has 1 aliphatic rings. The fourth-order valence-electron chi connectivity index (χ4n) is 3.26. The summed E-state index contributed by atoms with van der Waals surface area (Å²) in [6, 6.07) is 1.79. The van der Waals surface area contributed by atoms with Crippen molar-refractivity contribution in [1.82, 2.24) is 4.90 Å². The first-order valence-electron chi connectivity index (χ1n) is 8.10. The molecule has 2 heterocycles. The number of carboxylic acids is 1. The van der Waals surface area contributed by atoms with Crippen molar-refractivity contribution in [2.75, 3.05) is 26.8 Å². The maximum Gasteiger partial charge on any atom is 0.313 e. The Hall–Kier alpha value is -1.82. The molecule has 6 nitrogen and oxygen atoms in total. The monoisotopic (exact) mass is 323 g/mol. The maximum atomic E-state index is 12.7. The number of hydrogen-bond acceptors (Lipinski definition) is 4. The number of ether oxygens (including phenoxy) is 1. The van der Waals surface area contributed by atoms with E-state index in [2.05, 4.69) is 0 Å². The van der Waals surface area contributed by atoms with Crippen LogP contribution in [0.5, 0.6) is 0 Å². The molecule has 1 saturated heterocycles. The van der Waals surface area contributed by atoms with E-state index in [9.17, 15) is 14.7 Å². The van der Waals surface area contributed by atoms with Crippen molar-refractivity contribution < 1.29 is 23.8 Å². The molecule has 0 saturated carbocycles. The van der Waals surface area contributed by atoms with Gasteiger partial charge in [0.2, 0.25) is 0 Å². The molecule has 1 fully saturated rings. The van der Waals surface area contributed by atoms with Gasteiger partial charge >= 0.3 is 5.97 Å². The third-order valence-electron chi connectivity index (χ3n) is 4.55. The Bertz CT molecular complexity index is 554. The van der Waals surface area contributed by atoms with Gasteiger partial charge in [-0.15, -0.1) is 0 Å². The third-order valence-corrected chi connectivity index (χ3v) is 4.55. The van der Waals surface area contributed by atoms with Crippen molar-refractivity contribution in [3.05, 3.63) is 23.2 Å². The molecule has 2 rings (SSSR count). The molecule has 1 aliphatic heterocycles. The average Bonchev–Trinajstić information content (AvgIpc) is 2.97. The van der Waals surface area contributed by atoms with Crippen LogP contribution in [0, 0.1) is 5.41 Å². The Labute approximate surface area is 136 Å². The van der Waals surface area contributed by atoms with E-state index in [1.165, 1.54) is 7.11 Å². The minimum atomic E-state index is -1.03. The topological polar surface area (TPSA) is 80.0 Å². The van der Waals surface area contributed by atoms with E-state index in [1.807, 2.05) is 13.8 Å². The van der Waals surface area contributed by atoms with Crippen molar-refractivity contribution in [2.45, 2.75) is 39.5 Å². The number of rotatable bonds is 6. The molecule has 0 radical (unpaired) electrons. The van der Waals surface area contributed by atoms with Gasteiger partial charge in [-0.1, -0.05) is 13.8 Å². The van der Waals surface area contributed by atoms with Gasteiger partial charge in [0.15, 0.2) is 5.76 Å². The quantitative estimate of drug-likeness (QED) is 0.869. The lowest BCUT2D eigenvalue weighted by Crippen LogP contribution is -2.52. The molecular weight excluding hydrogens is 298 g/mol. The van der Waals surface area contributed by atoms with Crippen molar-refractivity contribution in [3.63, 3.8) is 0 Å². The Kier molecular flexibility index (Phi) is 5.46. The zero-order chi connectivity index (χ0) is 17.0. The van der Waals surface area contributed by atoms with Gasteiger partial charge in [0.05, 0.1) is 6.61 Å². The fourth-order valence-corrected chi connectivity index (χ4v) is 3.26. The second-order valence-electron chi connectivity index (χ2n) is 6.11. The number of piperidine rings is 1. The highest BCUT2D eigenvalue weighted by Gasteiger charge is 2.44. The Morgan fingerprint density at radius 1 is 1.39 bits per heavy atom. The van der Waals surface area contributed by atoms with E-state index in [0.29, 0.717) is 25.1 Å². The molecule has 0 aliphatic carbocycles. The van der Waals surface area contributed by atoms with Crippen LogP contribution in [0.25, 0.3) is 0 Å². The number of aliphatic carboxylic acids is 1. The molecule has 1 aromatic rings. The van der Waals surface area contributed by atoms with Crippen LogP contribution >= 0.6 is 0 Å². The summed E-state index contributed by atoms with van der Waals surface area (Å²) in [5.41, 5.74) is 0.00502. The van der Waals surface area contributed by atoms with Crippen LogP contribution in [0.2, 0.25) is 0 Å². The Balaban J connectivity index is 2.22. The van der Waals surface area contributed by atoms with Gasteiger partial charge in [0.25, 0.3) is 5.91 Å². The highest BCUT2D eigenvalue weighted by atomic mass is 16.5. The third kappa shape index (κ3) is 3.42. The molecule has 1 N–H and O–H groups in total. The maximum absolute atomic E-state index is 12.7. The number of hydrogen-bond donors (Lipinski definition) is 1. The summed E-state index contributed by atoms with van der Waals surface area (Å²) in [7, 11) is 1.49. The van der Waals surface area contributed by atoms with Crippen molar-refractivity contribution in [3.8, 4) is 0 Å². The predicted molar refractivity (Wildman–Crippen MR) is 84.5 cm³/mol. The van der Waals surface area contributed by atoms with E-state index < -0.39 is 11.4 Å². The zero-order valence-electron chi connectivity index (χ0n) is 14.1. The fraction of sp³-hybridized carbons (Fsp3) is 0.647. The highest BCUT2D eigenvalue weighted by molar-refractivity contribution is 5.92. The second-order valence-corrected chi connectivity index (χ2v) is 6.11. The summed E-state index contributed by atoms with van der Waals surface area (Å²) >= 11 is 0. The summed E-state index contributed by atoms with van der Waals surface area (Å²) in [6.07, 6.45) is 2.70. The summed E-state index contributed by atoms with van der Waals surface area (Å²) in [6.45, 7) is 4.80. The lowest BCUT2D eigenvalue weighted by Gasteiger charge is -2.39. The number of carbonyl (C=O) groups is 2. The van der Waals surface area contributed by atoms with E-state index >= 15 is 0 Å². The van der Waals surface area contributed by atoms with Gasteiger partial charge in [-0.05, 0) is 30.9 Å². The normalized spacial score (nSPS) is 21.4. The lowest BCUT2D eigenvalue weighted by atomic mass is 9.80. The molecule has 128 valence electrons. The lowest BCUT2D eigenvalue weighted by molar-refractivity contribution is -0.155. The smallest absolute Gasteiger partial charge is 0.313 e. The molecule has 1 amide bonds. The number of methoxy groups -OCH3 is 1. The molecule has 1 unspecified atom stereocenters. The number of aryl methyl sites for hydroxylation is 2. The number of amides is 1. The van der Waals surface area contributed by atoms with Crippen LogP contribution in [-0.4, -0.2) is 48.7 Å². The van der Waals surface area contributed by atoms with Gasteiger partial charge < -0.3 is 19.2 Å². The van der Waals surface area contributed by atoms with Gasteiger partial charge in [-0.3, -0.25) is 9.59 Å². The summed E-state index contributed by atoms with van der Waals surface area (Å²) in [5, 5.41) is 9.57. The van der Waals surface area contributed by atoms with Crippen LogP contribution in [0.1, 0.15) is 48.6 Å². The molecule has 1 atom stereocenters. The Morgan fingerprint density at radius 3 is 2.65 bits per heavy atom. The highest BCUT2D eigenvalue weighted by Crippen LogP contribution is 2.32. The van der Waals surface area contributed by atoms with E-state index in [1.54, 1.807) is 11.0 Å². The SMILES string of the molecule is CCc1cc(C(=O)N2CCCC(COC)(C(=O)O)C2)oc1CC. The van der Waals surface area contributed by atoms with Gasteiger partial charge in [-0.2, -0.15) is 0 Å². The van der Waals surface area contributed by atoms with E-state index in [0.717, 1.165) is 24.2 Å². The minimum absolute atomic E-state index is 0.102. The molecule has 6 heteroatoms. The van der Waals surface area contributed by atoms with Gasteiger partial charge in [-0.25, -0.2) is 0 Å². The largest absolute Gasteiger partial charge is 0.481 e. The molecule has 0 bridgehead atoms. The van der Waals surface area contributed by atoms with Crippen molar-refractivity contribution >= 4 is 11.9 Å². The first-order chi connectivity index (χ1) is 11.0. The van der Waals surface area contributed by atoms with Crippen molar-refractivity contribution in [2.24, 2.45) is 5.41 Å². The van der Waals surface area contributed by atoms with E-state index in [-0.39, 0.29) is 19.1 Å². The van der Waals surface area contributed by atoms with Crippen LogP contribution in [0.15, 0.2) is 10.5 Å². The summed E-state index contributed by atoms with van der Waals surface area (Å²) in [4.78, 5) is 26.0. The molecule has 0 spiro atoms. The molecule has 0 aromatic carbocycles. The predicted octanol–water partition coefficient (Wildman–Crippen LogP) is 2.36. The Morgan fingerprint density at radius 2 is 2.13 bits per heavy atom.